The third-order valence-electron chi connectivity index (χ3n) is 3.68. The van der Waals surface area contributed by atoms with E-state index in [1.165, 1.54) is 43.2 Å². The molecular formula is C19H19FN2O4. The number of hydrogen-bond acceptors (Lipinski definition) is 4. The maximum absolute atomic E-state index is 12.9. The molecular weight excluding hydrogens is 339 g/mol. The second kappa shape index (κ2) is 8.75. The second-order valence-electron chi connectivity index (χ2n) is 5.55. The number of carbonyl (C=O) groups excluding carboxylic acids is 3. The molecule has 0 fully saturated rings. The van der Waals surface area contributed by atoms with Gasteiger partial charge in [-0.2, -0.15) is 0 Å². The van der Waals surface area contributed by atoms with E-state index < -0.39 is 5.97 Å². The largest absolute Gasteiger partial charge is 0.465 e. The van der Waals surface area contributed by atoms with Crippen LogP contribution in [-0.2, 0) is 20.9 Å². The van der Waals surface area contributed by atoms with Crippen LogP contribution in [0.5, 0.6) is 0 Å². The quantitative estimate of drug-likeness (QED) is 0.804. The zero-order chi connectivity index (χ0) is 19.1. The number of hydrogen-bond donors (Lipinski definition) is 1. The molecule has 0 bridgehead atoms. The summed E-state index contributed by atoms with van der Waals surface area (Å²) < 4.78 is 17.5. The number of carbonyl (C=O) groups is 3. The summed E-state index contributed by atoms with van der Waals surface area (Å²) in [6, 6.07) is 12.0. The molecule has 0 aromatic heterocycles. The number of halogens is 1. The fourth-order valence-electron chi connectivity index (χ4n) is 2.28. The first kappa shape index (κ1) is 19.1. The number of esters is 1. The average molecular weight is 358 g/mol. The van der Waals surface area contributed by atoms with Crippen LogP contribution in [0, 0.1) is 5.82 Å². The lowest BCUT2D eigenvalue weighted by molar-refractivity contribution is -0.123. The number of benzene rings is 2. The summed E-state index contributed by atoms with van der Waals surface area (Å²) in [6.07, 6.45) is 0. The van der Waals surface area contributed by atoms with E-state index in [4.69, 9.17) is 0 Å². The molecule has 7 heteroatoms. The highest BCUT2D eigenvalue weighted by molar-refractivity contribution is 5.98. The van der Waals surface area contributed by atoms with Crippen LogP contribution in [0.15, 0.2) is 48.5 Å². The Labute approximate surface area is 150 Å². The number of amides is 2. The molecule has 2 rings (SSSR count). The van der Waals surface area contributed by atoms with Gasteiger partial charge in [-0.15, -0.1) is 0 Å². The number of nitrogens with zero attached hydrogens (tertiary/aromatic N) is 1. The molecule has 1 N–H and O–H groups in total. The van der Waals surface area contributed by atoms with Gasteiger partial charge in [-0.3, -0.25) is 9.59 Å². The zero-order valence-electron chi connectivity index (χ0n) is 14.5. The fraction of sp³-hybridized carbons (Fsp3) is 0.211. The standard InChI is InChI=1S/C19H19FN2O4/c1-13(23)22(17-9-5-15(6-10-17)19(25)26-2)12-18(24)21-11-14-3-7-16(20)8-4-14/h3-10H,11-12H2,1-2H3,(H,21,24). The molecule has 6 nitrogen and oxygen atoms in total. The monoisotopic (exact) mass is 358 g/mol. The molecule has 0 saturated heterocycles. The van der Waals surface area contributed by atoms with Crippen molar-refractivity contribution < 1.29 is 23.5 Å². The van der Waals surface area contributed by atoms with E-state index in [0.29, 0.717) is 11.3 Å². The van der Waals surface area contributed by atoms with Gasteiger partial charge >= 0.3 is 5.97 Å². The Kier molecular flexibility index (Phi) is 6.43. The van der Waals surface area contributed by atoms with Gasteiger partial charge in [-0.25, -0.2) is 9.18 Å². The molecule has 26 heavy (non-hydrogen) atoms. The van der Waals surface area contributed by atoms with Gasteiger partial charge in [0, 0.05) is 19.2 Å². The Hall–Kier alpha value is -3.22. The minimum atomic E-state index is -0.483. The maximum atomic E-state index is 12.9. The highest BCUT2D eigenvalue weighted by Gasteiger charge is 2.16. The van der Waals surface area contributed by atoms with Gasteiger partial charge in [0.05, 0.1) is 12.7 Å². The van der Waals surface area contributed by atoms with Crippen LogP contribution in [0.3, 0.4) is 0 Å². The number of nitrogens with one attached hydrogen (secondary N) is 1. The molecule has 0 aliphatic rings. The molecule has 2 amide bonds. The molecule has 0 aliphatic heterocycles. The van der Waals surface area contributed by atoms with Crippen LogP contribution in [0.25, 0.3) is 0 Å². The Morgan fingerprint density at radius 2 is 1.65 bits per heavy atom. The Bertz CT molecular complexity index is 788. The van der Waals surface area contributed by atoms with E-state index in [2.05, 4.69) is 10.1 Å². The van der Waals surface area contributed by atoms with Crippen LogP contribution in [0.4, 0.5) is 10.1 Å². The zero-order valence-corrected chi connectivity index (χ0v) is 14.5. The minimum absolute atomic E-state index is 0.173. The van der Waals surface area contributed by atoms with Gasteiger partial charge in [0.2, 0.25) is 11.8 Å². The Balaban J connectivity index is 2.00. The third kappa shape index (κ3) is 5.14. The van der Waals surface area contributed by atoms with Crippen molar-refractivity contribution >= 4 is 23.5 Å². The molecule has 0 atom stereocenters. The van der Waals surface area contributed by atoms with Gasteiger partial charge < -0.3 is 15.0 Å². The van der Waals surface area contributed by atoms with Crippen LogP contribution < -0.4 is 10.2 Å². The minimum Gasteiger partial charge on any atom is -0.465 e. The van der Waals surface area contributed by atoms with Crippen molar-refractivity contribution in [3.8, 4) is 0 Å². The predicted octanol–water partition coefficient (Wildman–Crippen LogP) is 2.28. The molecule has 0 heterocycles. The van der Waals surface area contributed by atoms with Gasteiger partial charge in [-0.05, 0) is 42.0 Å². The van der Waals surface area contributed by atoms with Crippen molar-refractivity contribution in [2.24, 2.45) is 0 Å². The van der Waals surface area contributed by atoms with Crippen LogP contribution in [0.2, 0.25) is 0 Å². The molecule has 0 unspecified atom stereocenters. The highest BCUT2D eigenvalue weighted by atomic mass is 19.1. The predicted molar refractivity (Wildman–Crippen MR) is 94.1 cm³/mol. The van der Waals surface area contributed by atoms with Crippen molar-refractivity contribution in [2.45, 2.75) is 13.5 Å². The van der Waals surface area contributed by atoms with Gasteiger partial charge in [0.15, 0.2) is 0 Å². The first-order valence-electron chi connectivity index (χ1n) is 7.88. The van der Waals surface area contributed by atoms with Crippen LogP contribution in [-0.4, -0.2) is 31.4 Å². The van der Waals surface area contributed by atoms with E-state index in [9.17, 15) is 18.8 Å². The average Bonchev–Trinajstić information content (AvgIpc) is 2.65. The van der Waals surface area contributed by atoms with Crippen molar-refractivity contribution in [3.63, 3.8) is 0 Å². The topological polar surface area (TPSA) is 75.7 Å². The van der Waals surface area contributed by atoms with E-state index in [1.54, 1.807) is 24.3 Å². The van der Waals surface area contributed by atoms with Crippen molar-refractivity contribution in [2.75, 3.05) is 18.6 Å². The van der Waals surface area contributed by atoms with Gasteiger partial charge in [0.1, 0.15) is 12.4 Å². The van der Waals surface area contributed by atoms with Crippen LogP contribution in [0.1, 0.15) is 22.8 Å². The smallest absolute Gasteiger partial charge is 0.337 e. The molecule has 2 aromatic rings. The molecule has 0 radical (unpaired) electrons. The van der Waals surface area contributed by atoms with E-state index >= 15 is 0 Å². The number of rotatable bonds is 6. The molecule has 0 aliphatic carbocycles. The number of ether oxygens (including phenoxy) is 1. The summed E-state index contributed by atoms with van der Waals surface area (Å²) in [7, 11) is 1.28. The lowest BCUT2D eigenvalue weighted by Crippen LogP contribution is -2.39. The molecule has 136 valence electrons. The molecule has 0 saturated carbocycles. The lowest BCUT2D eigenvalue weighted by atomic mass is 10.2. The summed E-state index contributed by atoms with van der Waals surface area (Å²) in [5.74, 6) is -1.50. The third-order valence-corrected chi connectivity index (χ3v) is 3.68. The first-order chi connectivity index (χ1) is 12.4. The van der Waals surface area contributed by atoms with Crippen molar-refractivity contribution in [1.29, 1.82) is 0 Å². The Morgan fingerprint density at radius 3 is 2.19 bits per heavy atom. The van der Waals surface area contributed by atoms with Crippen LogP contribution >= 0.6 is 0 Å². The summed E-state index contributed by atoms with van der Waals surface area (Å²) in [6.45, 7) is 1.40. The number of anilines is 1. The van der Waals surface area contributed by atoms with E-state index in [0.717, 1.165) is 5.56 Å². The van der Waals surface area contributed by atoms with Gasteiger partial charge in [0.25, 0.3) is 0 Å². The second-order valence-corrected chi connectivity index (χ2v) is 5.55. The lowest BCUT2D eigenvalue weighted by Gasteiger charge is -2.21. The summed E-state index contributed by atoms with van der Waals surface area (Å²) >= 11 is 0. The SMILES string of the molecule is COC(=O)c1ccc(N(CC(=O)NCc2ccc(F)cc2)C(C)=O)cc1. The summed E-state index contributed by atoms with van der Waals surface area (Å²) in [5.41, 5.74) is 1.58. The molecule has 2 aromatic carbocycles. The van der Waals surface area contributed by atoms with Gasteiger partial charge in [-0.1, -0.05) is 12.1 Å². The normalized spacial score (nSPS) is 10.1. The number of methoxy groups -OCH3 is 1. The van der Waals surface area contributed by atoms with Crippen molar-refractivity contribution in [1.82, 2.24) is 5.32 Å². The first-order valence-corrected chi connectivity index (χ1v) is 7.88. The van der Waals surface area contributed by atoms with E-state index in [1.807, 2.05) is 0 Å². The fourth-order valence-corrected chi connectivity index (χ4v) is 2.28. The maximum Gasteiger partial charge on any atom is 0.337 e. The summed E-state index contributed by atoms with van der Waals surface area (Å²) in [4.78, 5) is 36.8. The van der Waals surface area contributed by atoms with E-state index in [-0.39, 0.29) is 30.7 Å². The highest BCUT2D eigenvalue weighted by Crippen LogP contribution is 2.16. The van der Waals surface area contributed by atoms with Crippen molar-refractivity contribution in [3.05, 3.63) is 65.5 Å². The summed E-state index contributed by atoms with van der Waals surface area (Å²) in [5, 5.41) is 2.68. The molecule has 0 spiro atoms. The Morgan fingerprint density at radius 1 is 1.04 bits per heavy atom.